The van der Waals surface area contributed by atoms with Crippen molar-refractivity contribution in [2.45, 2.75) is 65.0 Å². The molecule has 1 aromatic heterocycles. The van der Waals surface area contributed by atoms with Crippen molar-refractivity contribution in [2.75, 3.05) is 44.7 Å². The molecule has 5 aliphatic rings. The largest absolute Gasteiger partial charge is 0.508 e. The van der Waals surface area contributed by atoms with Crippen LogP contribution >= 0.6 is 0 Å². The fourth-order valence-corrected chi connectivity index (χ4v) is 9.20. The second-order valence-corrected chi connectivity index (χ2v) is 14.7. The molecule has 1 amide bonds. The van der Waals surface area contributed by atoms with Gasteiger partial charge in [0.1, 0.15) is 11.5 Å². The van der Waals surface area contributed by atoms with Crippen LogP contribution in [0.3, 0.4) is 0 Å². The highest BCUT2D eigenvalue weighted by atomic mass is 16.5. The van der Waals surface area contributed by atoms with E-state index in [4.69, 9.17) is 4.74 Å². The van der Waals surface area contributed by atoms with Crippen molar-refractivity contribution in [3.63, 3.8) is 0 Å². The summed E-state index contributed by atoms with van der Waals surface area (Å²) in [6, 6.07) is 17.5. The SMILES string of the molecule is CC(C)Oc1cc(CN2CCN(c3ccc(C(=O)N(C)CC45CC6CC(CC(C6)C4)C5)nn3)CC2)cc(-c2cccc(O)c2)c1. The first-order valence-corrected chi connectivity index (χ1v) is 16.9. The number of amides is 1. The summed E-state index contributed by atoms with van der Waals surface area (Å²) in [4.78, 5) is 20.0. The topological polar surface area (TPSA) is 82.0 Å². The van der Waals surface area contributed by atoms with Crippen LogP contribution in [-0.4, -0.2) is 76.9 Å². The van der Waals surface area contributed by atoms with Crippen LogP contribution < -0.4 is 9.64 Å². The van der Waals surface area contributed by atoms with Crippen molar-refractivity contribution in [2.24, 2.45) is 23.2 Å². The van der Waals surface area contributed by atoms with Crippen molar-refractivity contribution in [1.29, 1.82) is 0 Å². The van der Waals surface area contributed by atoms with Gasteiger partial charge in [0, 0.05) is 46.3 Å². The number of phenols is 1. The Balaban J connectivity index is 0.954. The summed E-state index contributed by atoms with van der Waals surface area (Å²) in [5.41, 5.74) is 3.94. The molecular weight excluding hydrogens is 562 g/mol. The first-order chi connectivity index (χ1) is 21.7. The van der Waals surface area contributed by atoms with Gasteiger partial charge < -0.3 is 19.6 Å². The Morgan fingerprint density at radius 2 is 1.64 bits per heavy atom. The predicted octanol–water partition coefficient (Wildman–Crippen LogP) is 6.25. The molecule has 8 nitrogen and oxygen atoms in total. The summed E-state index contributed by atoms with van der Waals surface area (Å²) in [7, 11) is 1.95. The minimum absolute atomic E-state index is 0.0108. The molecule has 8 heteroatoms. The zero-order chi connectivity index (χ0) is 31.1. The van der Waals surface area contributed by atoms with Gasteiger partial charge in [-0.1, -0.05) is 12.1 Å². The number of nitrogens with zero attached hydrogens (tertiary/aromatic N) is 5. The van der Waals surface area contributed by atoms with Crippen molar-refractivity contribution in [3.05, 3.63) is 65.9 Å². The maximum absolute atomic E-state index is 13.4. The monoisotopic (exact) mass is 609 g/mol. The number of carbonyl (C=O) groups excluding carboxylic acids is 1. The van der Waals surface area contributed by atoms with Crippen LogP contribution in [0.1, 0.15) is 68.4 Å². The third-order valence-corrected chi connectivity index (χ3v) is 10.6. The van der Waals surface area contributed by atoms with Crippen LogP contribution in [0.25, 0.3) is 11.1 Å². The highest BCUT2D eigenvalue weighted by molar-refractivity contribution is 5.92. The summed E-state index contributed by atoms with van der Waals surface area (Å²) in [6.07, 6.45) is 8.21. The molecule has 0 spiro atoms. The van der Waals surface area contributed by atoms with Crippen molar-refractivity contribution < 1.29 is 14.6 Å². The fraction of sp³-hybridized carbons (Fsp3) is 0.541. The number of rotatable bonds is 9. The molecule has 1 aliphatic heterocycles. The molecule has 2 aromatic carbocycles. The van der Waals surface area contributed by atoms with E-state index in [1.165, 1.54) is 44.1 Å². The van der Waals surface area contributed by atoms with Crippen molar-refractivity contribution in [3.8, 4) is 22.6 Å². The van der Waals surface area contributed by atoms with Crippen LogP contribution in [0.4, 0.5) is 5.82 Å². The molecule has 3 aromatic rings. The Labute approximate surface area is 267 Å². The average Bonchev–Trinajstić information content (AvgIpc) is 3.00. The normalized spacial score (nSPS) is 26.0. The van der Waals surface area contributed by atoms with E-state index in [9.17, 15) is 9.90 Å². The van der Waals surface area contributed by atoms with E-state index in [0.29, 0.717) is 11.1 Å². The lowest BCUT2D eigenvalue weighted by molar-refractivity contribution is -0.0629. The molecular formula is C37H47N5O3. The van der Waals surface area contributed by atoms with Crippen LogP contribution in [0.5, 0.6) is 11.5 Å². The minimum Gasteiger partial charge on any atom is -0.508 e. The molecule has 0 unspecified atom stereocenters. The van der Waals surface area contributed by atoms with E-state index in [2.05, 4.69) is 32.1 Å². The molecule has 4 aliphatic carbocycles. The Morgan fingerprint density at radius 3 is 2.27 bits per heavy atom. The zero-order valence-corrected chi connectivity index (χ0v) is 27.0. The molecule has 5 fully saturated rings. The van der Waals surface area contributed by atoms with Gasteiger partial charge in [0.15, 0.2) is 11.5 Å². The third-order valence-electron chi connectivity index (χ3n) is 10.6. The van der Waals surface area contributed by atoms with Gasteiger partial charge in [-0.2, -0.15) is 0 Å². The quantitative estimate of drug-likeness (QED) is 0.307. The Morgan fingerprint density at radius 1 is 0.933 bits per heavy atom. The maximum atomic E-state index is 13.4. The highest BCUT2D eigenvalue weighted by Crippen LogP contribution is 2.60. The number of phenolic OH excluding ortho intramolecular Hbond substituents is 1. The Hall–Kier alpha value is -3.65. The van der Waals surface area contributed by atoms with Gasteiger partial charge >= 0.3 is 0 Å². The smallest absolute Gasteiger partial charge is 0.274 e. The third kappa shape index (κ3) is 6.67. The summed E-state index contributed by atoms with van der Waals surface area (Å²) >= 11 is 0. The molecule has 45 heavy (non-hydrogen) atoms. The van der Waals surface area contributed by atoms with Crippen molar-refractivity contribution >= 4 is 11.7 Å². The number of benzene rings is 2. The molecule has 4 saturated carbocycles. The van der Waals surface area contributed by atoms with Crippen molar-refractivity contribution in [1.82, 2.24) is 20.0 Å². The zero-order valence-electron chi connectivity index (χ0n) is 27.0. The molecule has 238 valence electrons. The van der Waals surface area contributed by atoms with E-state index < -0.39 is 0 Å². The lowest BCUT2D eigenvalue weighted by atomic mass is 9.49. The fourth-order valence-electron chi connectivity index (χ4n) is 9.20. The Kier molecular flexibility index (Phi) is 8.19. The van der Waals surface area contributed by atoms with Crippen LogP contribution in [0.15, 0.2) is 54.6 Å². The van der Waals surface area contributed by atoms with Gasteiger partial charge in [0.05, 0.1) is 6.10 Å². The number of carbonyl (C=O) groups is 1. The van der Waals surface area contributed by atoms with Gasteiger partial charge in [-0.3, -0.25) is 9.69 Å². The van der Waals surface area contributed by atoms with Gasteiger partial charge in [0.25, 0.3) is 5.91 Å². The average molecular weight is 610 g/mol. The number of ether oxygens (including phenoxy) is 1. The lowest BCUT2D eigenvalue weighted by Gasteiger charge is -2.57. The molecule has 2 heterocycles. The van der Waals surface area contributed by atoms with Gasteiger partial charge in [0.2, 0.25) is 0 Å². The van der Waals surface area contributed by atoms with Gasteiger partial charge in [-0.05, 0) is 135 Å². The molecule has 8 rings (SSSR count). The summed E-state index contributed by atoms with van der Waals surface area (Å²) in [5, 5.41) is 18.9. The van der Waals surface area contributed by atoms with E-state index in [1.54, 1.807) is 12.1 Å². The number of anilines is 1. The van der Waals surface area contributed by atoms with Gasteiger partial charge in [-0.25, -0.2) is 0 Å². The molecule has 0 atom stereocenters. The standard InChI is InChI=1S/C37H47N5O3/c1-25(2)45-33-17-29(16-31(19-33)30-5-4-6-32(43)18-30)23-41-9-11-42(12-10-41)35-8-7-34(38-39-35)36(44)40(3)24-37-20-26-13-27(21-37)15-28(14-26)22-37/h4-8,16-19,25-28,43H,9-15,20-24H2,1-3H3. The molecule has 4 bridgehead atoms. The number of hydrogen-bond acceptors (Lipinski definition) is 7. The van der Waals surface area contributed by atoms with Crippen LogP contribution in [0.2, 0.25) is 0 Å². The highest BCUT2D eigenvalue weighted by Gasteiger charge is 2.51. The van der Waals surface area contributed by atoms with Crippen LogP contribution in [-0.2, 0) is 6.54 Å². The minimum atomic E-state index is -0.0108. The number of aromatic nitrogens is 2. The summed E-state index contributed by atoms with van der Waals surface area (Å²) in [6.45, 7) is 9.21. The van der Waals surface area contributed by atoms with E-state index >= 15 is 0 Å². The van der Waals surface area contributed by atoms with Crippen LogP contribution in [0, 0.1) is 23.2 Å². The van der Waals surface area contributed by atoms with E-state index in [0.717, 1.165) is 79.7 Å². The first-order valence-electron chi connectivity index (χ1n) is 16.9. The summed E-state index contributed by atoms with van der Waals surface area (Å²) in [5.74, 6) is 4.55. The maximum Gasteiger partial charge on any atom is 0.274 e. The molecule has 1 saturated heterocycles. The number of piperazine rings is 1. The Bertz CT molecular complexity index is 1480. The second kappa shape index (κ2) is 12.3. The van der Waals surface area contributed by atoms with Gasteiger partial charge in [-0.15, -0.1) is 10.2 Å². The molecule has 1 N–H and O–H groups in total. The van der Waals surface area contributed by atoms with E-state index in [1.807, 2.05) is 56.1 Å². The summed E-state index contributed by atoms with van der Waals surface area (Å²) < 4.78 is 6.08. The number of aromatic hydroxyl groups is 1. The number of hydrogen-bond donors (Lipinski definition) is 1. The van der Waals surface area contributed by atoms with E-state index in [-0.39, 0.29) is 17.8 Å². The lowest BCUT2D eigenvalue weighted by Crippen LogP contribution is -2.51. The molecule has 0 radical (unpaired) electrons. The first kappa shape index (κ1) is 30.0. The predicted molar refractivity (Wildman–Crippen MR) is 176 cm³/mol. The second-order valence-electron chi connectivity index (χ2n) is 14.7.